The Morgan fingerprint density at radius 1 is 1.59 bits per heavy atom. The molecular formula is C12H14ClNO3. The van der Waals surface area contributed by atoms with Crippen molar-refractivity contribution in [3.05, 3.63) is 23.8 Å². The van der Waals surface area contributed by atoms with Crippen LogP contribution in [-0.2, 0) is 0 Å². The van der Waals surface area contributed by atoms with E-state index in [2.05, 4.69) is 0 Å². The normalized spacial score (nSPS) is 19.4. The Morgan fingerprint density at radius 3 is 2.88 bits per heavy atom. The number of likely N-dealkylation sites (tertiary alicyclic amines) is 1. The van der Waals surface area contributed by atoms with Crippen molar-refractivity contribution in [1.29, 1.82) is 0 Å². The molecule has 0 spiro atoms. The summed E-state index contributed by atoms with van der Waals surface area (Å²) in [7, 11) is 1.47. The zero-order chi connectivity index (χ0) is 12.4. The molecule has 0 bridgehead atoms. The van der Waals surface area contributed by atoms with E-state index < -0.39 is 0 Å². The molecule has 1 aromatic rings. The lowest BCUT2D eigenvalue weighted by Gasteiger charge is -2.16. The molecule has 0 saturated carbocycles. The van der Waals surface area contributed by atoms with Crippen LogP contribution in [0, 0.1) is 0 Å². The summed E-state index contributed by atoms with van der Waals surface area (Å²) in [6.45, 7) is 1.23. The third kappa shape index (κ3) is 2.47. The maximum absolute atomic E-state index is 12.1. The second-order valence-corrected chi connectivity index (χ2v) is 4.64. The maximum atomic E-state index is 12.1. The van der Waals surface area contributed by atoms with Crippen LogP contribution in [0.15, 0.2) is 18.2 Å². The number of hydrogen-bond donors (Lipinski definition) is 1. The van der Waals surface area contributed by atoms with E-state index in [9.17, 15) is 9.90 Å². The van der Waals surface area contributed by atoms with Crippen LogP contribution in [0.3, 0.4) is 0 Å². The second-order valence-electron chi connectivity index (χ2n) is 4.02. The highest BCUT2D eigenvalue weighted by Gasteiger charge is 2.25. The van der Waals surface area contributed by atoms with E-state index in [4.69, 9.17) is 16.3 Å². The fourth-order valence-electron chi connectivity index (χ4n) is 1.91. The lowest BCUT2D eigenvalue weighted by molar-refractivity contribution is 0.0792. The summed E-state index contributed by atoms with van der Waals surface area (Å²) >= 11 is 5.95. The van der Waals surface area contributed by atoms with Crippen LogP contribution in [0.2, 0.25) is 0 Å². The molecule has 1 N–H and O–H groups in total. The summed E-state index contributed by atoms with van der Waals surface area (Å²) in [5.74, 6) is 0.226. The molecular weight excluding hydrogens is 242 g/mol. The Hall–Kier alpha value is -1.42. The van der Waals surface area contributed by atoms with Gasteiger partial charge in [-0.25, -0.2) is 0 Å². The van der Waals surface area contributed by atoms with Gasteiger partial charge in [0.1, 0.15) is 0 Å². The van der Waals surface area contributed by atoms with Gasteiger partial charge >= 0.3 is 0 Å². The number of benzene rings is 1. The van der Waals surface area contributed by atoms with Crippen molar-refractivity contribution in [3.63, 3.8) is 0 Å². The lowest BCUT2D eigenvalue weighted by Crippen LogP contribution is -2.28. The molecule has 1 atom stereocenters. The predicted molar refractivity (Wildman–Crippen MR) is 64.8 cm³/mol. The van der Waals surface area contributed by atoms with Gasteiger partial charge in [-0.3, -0.25) is 4.79 Å². The molecule has 92 valence electrons. The molecule has 4 nitrogen and oxygen atoms in total. The van der Waals surface area contributed by atoms with Crippen molar-refractivity contribution in [2.75, 3.05) is 20.2 Å². The van der Waals surface area contributed by atoms with Gasteiger partial charge in [-0.15, -0.1) is 11.6 Å². The van der Waals surface area contributed by atoms with Crippen LogP contribution in [0.25, 0.3) is 0 Å². The number of phenols is 1. The number of halogens is 1. The van der Waals surface area contributed by atoms with Gasteiger partial charge in [0.05, 0.1) is 12.5 Å². The van der Waals surface area contributed by atoms with E-state index >= 15 is 0 Å². The highest BCUT2D eigenvalue weighted by atomic mass is 35.5. The number of ether oxygens (including phenoxy) is 1. The molecule has 1 unspecified atom stereocenters. The zero-order valence-electron chi connectivity index (χ0n) is 9.52. The first-order chi connectivity index (χ1) is 8.11. The summed E-state index contributed by atoms with van der Waals surface area (Å²) in [6.07, 6.45) is 0.815. The number of hydrogen-bond acceptors (Lipinski definition) is 3. The van der Waals surface area contributed by atoms with Gasteiger partial charge in [0, 0.05) is 18.7 Å². The Morgan fingerprint density at radius 2 is 2.35 bits per heavy atom. The quantitative estimate of drug-likeness (QED) is 0.821. The largest absolute Gasteiger partial charge is 0.504 e. The molecule has 1 aliphatic heterocycles. The van der Waals surface area contributed by atoms with Crippen molar-refractivity contribution in [1.82, 2.24) is 4.90 Å². The first-order valence-corrected chi connectivity index (χ1v) is 5.86. The number of carbonyl (C=O) groups is 1. The molecule has 1 amide bonds. The zero-order valence-corrected chi connectivity index (χ0v) is 10.3. The summed E-state index contributed by atoms with van der Waals surface area (Å²) in [5, 5.41) is 9.65. The Labute approximate surface area is 105 Å². The fraction of sp³-hybridized carbons (Fsp3) is 0.417. The molecule has 1 aromatic carbocycles. The fourth-order valence-corrected chi connectivity index (χ4v) is 2.17. The van der Waals surface area contributed by atoms with Crippen LogP contribution in [0.1, 0.15) is 16.8 Å². The minimum atomic E-state index is -0.105. The standard InChI is InChI=1S/C12H14ClNO3/c1-17-11-3-2-8(6-10(11)15)12(16)14-5-4-9(13)7-14/h2-3,6,9,15H,4-5,7H2,1H3. The summed E-state index contributed by atoms with van der Waals surface area (Å²) in [5.41, 5.74) is 0.453. The van der Waals surface area contributed by atoms with Gasteiger partial charge in [0.2, 0.25) is 0 Å². The lowest BCUT2D eigenvalue weighted by atomic mass is 10.2. The molecule has 1 fully saturated rings. The number of phenolic OH excluding ortho intramolecular Hbond substituents is 1. The minimum absolute atomic E-state index is 0.0278. The van der Waals surface area contributed by atoms with Crippen LogP contribution in [0.5, 0.6) is 11.5 Å². The smallest absolute Gasteiger partial charge is 0.254 e. The van der Waals surface area contributed by atoms with Gasteiger partial charge in [0.25, 0.3) is 5.91 Å². The molecule has 2 rings (SSSR count). The van der Waals surface area contributed by atoms with Crippen LogP contribution >= 0.6 is 11.6 Å². The number of alkyl halides is 1. The predicted octanol–water partition coefficient (Wildman–Crippen LogP) is 1.85. The van der Waals surface area contributed by atoms with E-state index in [1.54, 1.807) is 17.0 Å². The third-order valence-electron chi connectivity index (χ3n) is 2.84. The first kappa shape index (κ1) is 12.0. The third-order valence-corrected chi connectivity index (χ3v) is 3.20. The highest BCUT2D eigenvalue weighted by molar-refractivity contribution is 6.21. The number of carbonyl (C=O) groups excluding carboxylic acids is 1. The van der Waals surface area contributed by atoms with Crippen molar-refractivity contribution in [2.24, 2.45) is 0 Å². The number of rotatable bonds is 2. The van der Waals surface area contributed by atoms with Gasteiger partial charge in [-0.1, -0.05) is 0 Å². The maximum Gasteiger partial charge on any atom is 0.254 e. The summed E-state index contributed by atoms with van der Waals surface area (Å²) < 4.78 is 4.93. The first-order valence-electron chi connectivity index (χ1n) is 5.42. The van der Waals surface area contributed by atoms with Crippen molar-refractivity contribution in [2.45, 2.75) is 11.8 Å². The summed E-state index contributed by atoms with van der Waals surface area (Å²) in [4.78, 5) is 13.8. The van der Waals surface area contributed by atoms with E-state index in [0.29, 0.717) is 24.4 Å². The van der Waals surface area contributed by atoms with Crippen molar-refractivity contribution < 1.29 is 14.6 Å². The number of amides is 1. The highest BCUT2D eigenvalue weighted by Crippen LogP contribution is 2.27. The average molecular weight is 256 g/mol. The van der Waals surface area contributed by atoms with E-state index in [0.717, 1.165) is 6.42 Å². The molecule has 0 radical (unpaired) electrons. The molecule has 1 heterocycles. The number of aromatic hydroxyl groups is 1. The van der Waals surface area contributed by atoms with E-state index in [1.165, 1.54) is 13.2 Å². The van der Waals surface area contributed by atoms with Crippen LogP contribution in [0.4, 0.5) is 0 Å². The number of nitrogens with zero attached hydrogens (tertiary/aromatic N) is 1. The van der Waals surface area contributed by atoms with Crippen molar-refractivity contribution >= 4 is 17.5 Å². The Kier molecular flexibility index (Phi) is 3.43. The topological polar surface area (TPSA) is 49.8 Å². The van der Waals surface area contributed by atoms with Gasteiger partial charge in [-0.05, 0) is 24.6 Å². The van der Waals surface area contributed by atoms with E-state index in [-0.39, 0.29) is 17.0 Å². The number of methoxy groups -OCH3 is 1. The van der Waals surface area contributed by atoms with Gasteiger partial charge in [0.15, 0.2) is 11.5 Å². The minimum Gasteiger partial charge on any atom is -0.504 e. The summed E-state index contributed by atoms with van der Waals surface area (Å²) in [6, 6.07) is 4.64. The van der Waals surface area contributed by atoms with Gasteiger partial charge < -0.3 is 14.7 Å². The Balaban J connectivity index is 2.17. The van der Waals surface area contributed by atoms with E-state index in [1.807, 2.05) is 0 Å². The second kappa shape index (κ2) is 4.84. The molecule has 17 heavy (non-hydrogen) atoms. The monoisotopic (exact) mass is 255 g/mol. The molecule has 1 aliphatic rings. The molecule has 0 aliphatic carbocycles. The van der Waals surface area contributed by atoms with Gasteiger partial charge in [-0.2, -0.15) is 0 Å². The van der Waals surface area contributed by atoms with Crippen molar-refractivity contribution in [3.8, 4) is 11.5 Å². The molecule has 1 saturated heterocycles. The molecule has 0 aromatic heterocycles. The van der Waals surface area contributed by atoms with Crippen LogP contribution in [-0.4, -0.2) is 41.5 Å². The van der Waals surface area contributed by atoms with Crippen LogP contribution < -0.4 is 4.74 Å². The average Bonchev–Trinajstić information content (AvgIpc) is 2.75. The Bertz CT molecular complexity index is 436. The SMILES string of the molecule is COc1ccc(C(=O)N2CCC(Cl)C2)cc1O. The molecule has 5 heteroatoms.